The Hall–Kier alpha value is -2.90. The van der Waals surface area contributed by atoms with Gasteiger partial charge in [-0.25, -0.2) is 4.79 Å². The van der Waals surface area contributed by atoms with Gasteiger partial charge in [-0.05, 0) is 18.9 Å². The summed E-state index contributed by atoms with van der Waals surface area (Å²) in [7, 11) is 1.81. The molecule has 0 bridgehead atoms. The number of carboxylic acids is 1. The highest BCUT2D eigenvalue weighted by atomic mass is 16.7. The Bertz CT molecular complexity index is 903. The monoisotopic (exact) mass is 342 g/mol. The number of carbonyl (C=O) groups excluding carboxylic acids is 1. The Morgan fingerprint density at radius 2 is 2.12 bits per heavy atom. The van der Waals surface area contributed by atoms with E-state index in [1.54, 1.807) is 9.58 Å². The van der Waals surface area contributed by atoms with Crippen LogP contribution in [0.4, 0.5) is 0 Å². The number of likely N-dealkylation sites (tertiary alicyclic amines) is 1. The number of benzene rings is 1. The zero-order valence-corrected chi connectivity index (χ0v) is 13.8. The highest BCUT2D eigenvalue weighted by Crippen LogP contribution is 2.34. The third-order valence-corrected chi connectivity index (χ3v) is 4.87. The zero-order chi connectivity index (χ0) is 17.6. The summed E-state index contributed by atoms with van der Waals surface area (Å²) >= 11 is 0. The molecule has 8 heteroatoms. The zero-order valence-electron chi connectivity index (χ0n) is 13.8. The number of carboxylic acid groups (broad SMARTS) is 1. The molecule has 1 aromatic carbocycles. The van der Waals surface area contributed by atoms with Gasteiger partial charge in [0.15, 0.2) is 17.0 Å². The number of aryl methyl sites for hydroxylation is 1. The summed E-state index contributed by atoms with van der Waals surface area (Å²) in [5, 5.41) is 18.0. The number of hydrogen-bond donors (Lipinski definition) is 1. The lowest BCUT2D eigenvalue weighted by Gasteiger charge is -2.37. The van der Waals surface area contributed by atoms with Crippen LogP contribution in [-0.4, -0.2) is 56.1 Å². The van der Waals surface area contributed by atoms with Crippen LogP contribution in [0.25, 0.3) is 10.9 Å². The van der Waals surface area contributed by atoms with Gasteiger partial charge in [-0.2, -0.15) is 5.10 Å². The van der Waals surface area contributed by atoms with Crippen molar-refractivity contribution in [2.24, 2.45) is 12.2 Å². The fourth-order valence-corrected chi connectivity index (χ4v) is 3.65. The van der Waals surface area contributed by atoms with Crippen LogP contribution in [0.5, 0.6) is 0 Å². The van der Waals surface area contributed by atoms with E-state index in [2.05, 4.69) is 10.3 Å². The van der Waals surface area contributed by atoms with Crippen molar-refractivity contribution in [3.63, 3.8) is 0 Å². The van der Waals surface area contributed by atoms with Crippen LogP contribution in [0.3, 0.4) is 0 Å². The van der Waals surface area contributed by atoms with E-state index in [4.69, 9.17) is 9.94 Å². The van der Waals surface area contributed by atoms with Crippen molar-refractivity contribution in [1.82, 2.24) is 14.7 Å². The lowest BCUT2D eigenvalue weighted by Crippen LogP contribution is -2.50. The minimum atomic E-state index is -1.07. The van der Waals surface area contributed by atoms with E-state index in [-0.39, 0.29) is 18.0 Å². The number of nitrogens with zero attached hydrogens (tertiary/aromatic N) is 4. The number of oxime groups is 1. The van der Waals surface area contributed by atoms with Gasteiger partial charge in [-0.1, -0.05) is 23.4 Å². The quantitative estimate of drug-likeness (QED) is 0.890. The third kappa shape index (κ3) is 2.54. The smallest absolute Gasteiger partial charge is 0.353 e. The summed E-state index contributed by atoms with van der Waals surface area (Å²) in [5.41, 5.74) is 0.586. The Kier molecular flexibility index (Phi) is 3.48. The Balaban J connectivity index is 1.59. The van der Waals surface area contributed by atoms with Crippen molar-refractivity contribution in [3.05, 3.63) is 30.0 Å². The average Bonchev–Trinajstić information content (AvgIpc) is 3.17. The van der Waals surface area contributed by atoms with Crippen LogP contribution in [-0.2, 0) is 16.7 Å². The summed E-state index contributed by atoms with van der Waals surface area (Å²) < 4.78 is 1.69. The lowest BCUT2D eigenvalue weighted by molar-refractivity contribution is -0.129. The van der Waals surface area contributed by atoms with E-state index in [0.717, 1.165) is 17.3 Å². The minimum Gasteiger partial charge on any atom is -0.477 e. The molecule has 1 N–H and O–H groups in total. The van der Waals surface area contributed by atoms with Gasteiger partial charge in [-0.15, -0.1) is 0 Å². The number of para-hydroxylation sites is 1. The number of hydrogen-bond acceptors (Lipinski definition) is 5. The molecule has 1 atom stereocenters. The molecule has 1 saturated heterocycles. The maximum Gasteiger partial charge on any atom is 0.353 e. The maximum absolute atomic E-state index is 13.0. The Labute approximate surface area is 143 Å². The van der Waals surface area contributed by atoms with Crippen LogP contribution in [0.2, 0.25) is 0 Å². The summed E-state index contributed by atoms with van der Waals surface area (Å²) in [6, 6.07) is 7.59. The van der Waals surface area contributed by atoms with Crippen molar-refractivity contribution in [2.75, 3.05) is 13.1 Å². The third-order valence-electron chi connectivity index (χ3n) is 4.87. The Morgan fingerprint density at radius 1 is 1.32 bits per heavy atom. The van der Waals surface area contributed by atoms with Crippen LogP contribution in [0.1, 0.15) is 29.8 Å². The second-order valence-electron chi connectivity index (χ2n) is 6.61. The van der Waals surface area contributed by atoms with Gasteiger partial charge in [0.25, 0.3) is 5.91 Å². The largest absolute Gasteiger partial charge is 0.477 e. The van der Waals surface area contributed by atoms with Gasteiger partial charge >= 0.3 is 5.97 Å². The molecular weight excluding hydrogens is 324 g/mol. The van der Waals surface area contributed by atoms with Crippen LogP contribution >= 0.6 is 0 Å². The van der Waals surface area contributed by atoms with Gasteiger partial charge in [0, 0.05) is 25.4 Å². The normalized spacial score (nSPS) is 22.9. The van der Waals surface area contributed by atoms with E-state index >= 15 is 0 Å². The molecule has 1 spiro atoms. The number of carbonyl (C=O) groups is 2. The fraction of sp³-hybridized carbons (Fsp3) is 0.412. The molecule has 1 fully saturated rings. The molecule has 2 aromatic rings. The number of aromatic nitrogens is 2. The van der Waals surface area contributed by atoms with Crippen molar-refractivity contribution in [3.8, 4) is 0 Å². The molecule has 130 valence electrons. The molecule has 0 aliphatic carbocycles. The second kappa shape index (κ2) is 5.58. The van der Waals surface area contributed by atoms with Crippen LogP contribution in [0, 0.1) is 0 Å². The highest BCUT2D eigenvalue weighted by molar-refractivity contribution is 6.36. The van der Waals surface area contributed by atoms with Gasteiger partial charge in [0.05, 0.1) is 12.1 Å². The lowest BCUT2D eigenvalue weighted by atomic mass is 9.88. The van der Waals surface area contributed by atoms with Gasteiger partial charge in [0.1, 0.15) is 0 Å². The number of aliphatic carboxylic acids is 1. The molecule has 25 heavy (non-hydrogen) atoms. The SMILES string of the molecule is Cn1nc(C(=O)N2CCCC3(CC(C(=O)O)=NO3)C2)c2ccccc21. The van der Waals surface area contributed by atoms with Crippen molar-refractivity contribution in [1.29, 1.82) is 0 Å². The first-order valence-corrected chi connectivity index (χ1v) is 8.18. The van der Waals surface area contributed by atoms with Gasteiger partial charge in [-0.3, -0.25) is 9.48 Å². The Morgan fingerprint density at radius 3 is 2.88 bits per heavy atom. The average molecular weight is 342 g/mol. The van der Waals surface area contributed by atoms with Crippen molar-refractivity contribution >= 4 is 28.5 Å². The minimum absolute atomic E-state index is 0.0117. The molecule has 3 heterocycles. The fourth-order valence-electron chi connectivity index (χ4n) is 3.65. The molecule has 0 radical (unpaired) electrons. The van der Waals surface area contributed by atoms with Crippen molar-refractivity contribution in [2.45, 2.75) is 24.9 Å². The molecule has 1 amide bonds. The summed E-state index contributed by atoms with van der Waals surface area (Å²) in [5.74, 6) is -1.24. The highest BCUT2D eigenvalue weighted by Gasteiger charge is 2.46. The standard InChI is InChI=1S/C17H18N4O4/c1-20-13-6-3-2-5-11(13)14(18-20)15(22)21-8-4-7-17(10-21)9-12(16(23)24)19-25-17/h2-3,5-6H,4,7-10H2,1H3,(H,23,24). The van der Waals surface area contributed by atoms with E-state index < -0.39 is 11.6 Å². The number of rotatable bonds is 2. The van der Waals surface area contributed by atoms with Crippen LogP contribution < -0.4 is 0 Å². The maximum atomic E-state index is 13.0. The van der Waals surface area contributed by atoms with Gasteiger partial charge in [0.2, 0.25) is 0 Å². The predicted octanol–water partition coefficient (Wildman–Crippen LogP) is 1.41. The molecule has 4 rings (SSSR count). The molecule has 0 saturated carbocycles. The van der Waals surface area contributed by atoms with Gasteiger partial charge < -0.3 is 14.8 Å². The summed E-state index contributed by atoms with van der Waals surface area (Å²) in [6.07, 6.45) is 1.63. The first kappa shape index (κ1) is 15.6. The molecule has 2 aliphatic heterocycles. The topological polar surface area (TPSA) is 97.0 Å². The molecular formula is C17H18N4O4. The van der Waals surface area contributed by atoms with E-state index in [9.17, 15) is 9.59 Å². The molecule has 8 nitrogen and oxygen atoms in total. The first-order chi connectivity index (χ1) is 12.0. The number of amides is 1. The number of piperidine rings is 1. The summed E-state index contributed by atoms with van der Waals surface area (Å²) in [6.45, 7) is 0.911. The molecule has 1 aromatic heterocycles. The van der Waals surface area contributed by atoms with E-state index in [1.165, 1.54) is 0 Å². The number of fused-ring (bicyclic) bond motifs is 1. The molecule has 2 aliphatic rings. The van der Waals surface area contributed by atoms with Crippen LogP contribution in [0.15, 0.2) is 29.4 Å². The predicted molar refractivity (Wildman–Crippen MR) is 89.4 cm³/mol. The van der Waals surface area contributed by atoms with E-state index in [0.29, 0.717) is 25.2 Å². The second-order valence-corrected chi connectivity index (χ2v) is 6.61. The first-order valence-electron chi connectivity index (χ1n) is 8.18. The summed E-state index contributed by atoms with van der Waals surface area (Å²) in [4.78, 5) is 31.3. The van der Waals surface area contributed by atoms with Crippen molar-refractivity contribution < 1.29 is 19.5 Å². The molecule has 1 unspecified atom stereocenters. The van der Waals surface area contributed by atoms with E-state index in [1.807, 2.05) is 31.3 Å².